The van der Waals surface area contributed by atoms with E-state index >= 15 is 0 Å². The molecular weight excluding hydrogens is 501 g/mol. The van der Waals surface area contributed by atoms with Crippen molar-refractivity contribution >= 4 is 29.3 Å². The van der Waals surface area contributed by atoms with Crippen LogP contribution in [0.1, 0.15) is 64.6 Å². The van der Waals surface area contributed by atoms with Gasteiger partial charge >= 0.3 is 5.97 Å². The Morgan fingerprint density at radius 1 is 1.19 bits per heavy atom. The molecule has 1 N–H and O–H groups in total. The smallest absolute Gasteiger partial charge is 0.305 e. The van der Waals surface area contributed by atoms with Crippen molar-refractivity contribution in [1.29, 1.82) is 0 Å². The minimum atomic E-state index is -0.671. The van der Waals surface area contributed by atoms with E-state index in [1.54, 1.807) is 4.68 Å². The van der Waals surface area contributed by atoms with Crippen molar-refractivity contribution in [2.45, 2.75) is 90.0 Å². The van der Waals surface area contributed by atoms with Gasteiger partial charge in [-0.2, -0.15) is 0 Å². The quantitative estimate of drug-likeness (QED) is 0.367. The van der Waals surface area contributed by atoms with Crippen LogP contribution in [0, 0.1) is 5.82 Å². The highest BCUT2D eigenvalue weighted by Crippen LogP contribution is 2.39. The van der Waals surface area contributed by atoms with Gasteiger partial charge in [-0.05, 0) is 64.7 Å². The lowest BCUT2D eigenvalue weighted by molar-refractivity contribution is -0.140. The highest BCUT2D eigenvalue weighted by Gasteiger charge is 2.46. The Morgan fingerprint density at radius 2 is 1.86 bits per heavy atom. The van der Waals surface area contributed by atoms with E-state index in [2.05, 4.69) is 53.0 Å². The zero-order valence-electron chi connectivity index (χ0n) is 22.0. The molecule has 0 atom stereocenters. The van der Waals surface area contributed by atoms with Crippen molar-refractivity contribution in [3.05, 3.63) is 46.5 Å². The Hall–Kier alpha value is -2.85. The number of benzene rings is 1. The molecule has 0 bridgehead atoms. The Balaban J connectivity index is 1.59. The third-order valence-electron chi connectivity index (χ3n) is 6.79. The lowest BCUT2D eigenvalue weighted by Gasteiger charge is -2.55. The van der Waals surface area contributed by atoms with Crippen LogP contribution in [0.5, 0.6) is 0 Å². The number of hydrogen-bond donors (Lipinski definition) is 1. The van der Waals surface area contributed by atoms with Gasteiger partial charge in [0.15, 0.2) is 0 Å². The van der Waals surface area contributed by atoms with Crippen molar-refractivity contribution < 1.29 is 23.5 Å². The van der Waals surface area contributed by atoms with E-state index in [1.807, 2.05) is 6.20 Å². The molecule has 1 fully saturated rings. The molecule has 2 aromatic rings. The van der Waals surface area contributed by atoms with Gasteiger partial charge in [0.2, 0.25) is 5.78 Å². The number of piperidine rings is 1. The Kier molecular flexibility index (Phi) is 9.07. The van der Waals surface area contributed by atoms with Crippen molar-refractivity contribution in [1.82, 2.24) is 25.2 Å². The second kappa shape index (κ2) is 11.7. The second-order valence-corrected chi connectivity index (χ2v) is 11.2. The predicted octanol–water partition coefficient (Wildman–Crippen LogP) is 3.47. The molecule has 1 amide bonds. The number of carbonyl (C=O) groups excluding carboxylic acids is 3. The molecule has 9 nitrogen and oxygen atoms in total. The molecule has 1 saturated heterocycles. The van der Waals surface area contributed by atoms with E-state index in [1.165, 1.54) is 25.3 Å². The van der Waals surface area contributed by atoms with Gasteiger partial charge in [-0.1, -0.05) is 22.9 Å². The molecule has 1 aromatic heterocycles. The SMILES string of the molecule is COC(=O)CCCn1cc(CN2C(C)(C)CC(NC(=O)C(=O)Cc3ccc(Cl)c(F)c3)CC2(C)C)nn1. The van der Waals surface area contributed by atoms with E-state index in [9.17, 15) is 18.8 Å². The minimum Gasteiger partial charge on any atom is -0.469 e. The van der Waals surface area contributed by atoms with Crippen molar-refractivity contribution in [2.75, 3.05) is 7.11 Å². The first-order valence-corrected chi connectivity index (χ1v) is 12.7. The lowest BCUT2D eigenvalue weighted by Crippen LogP contribution is -2.64. The highest BCUT2D eigenvalue weighted by molar-refractivity contribution is 6.36. The molecule has 3 rings (SSSR count). The second-order valence-electron chi connectivity index (χ2n) is 10.8. The number of halogens is 2. The number of likely N-dealkylation sites (tertiary alicyclic amines) is 1. The molecule has 11 heteroatoms. The maximum Gasteiger partial charge on any atom is 0.305 e. The molecule has 37 heavy (non-hydrogen) atoms. The number of aromatic nitrogens is 3. The van der Waals surface area contributed by atoms with Gasteiger partial charge in [-0.25, -0.2) is 4.39 Å². The van der Waals surface area contributed by atoms with E-state index < -0.39 is 17.5 Å². The van der Waals surface area contributed by atoms with Crippen LogP contribution >= 0.6 is 11.6 Å². The number of amides is 1. The first kappa shape index (κ1) is 28.7. The van der Waals surface area contributed by atoms with Gasteiger partial charge in [0.25, 0.3) is 5.91 Å². The number of rotatable bonds is 10. The third kappa shape index (κ3) is 7.58. The number of nitrogens with zero attached hydrogens (tertiary/aromatic N) is 4. The minimum absolute atomic E-state index is 0.0296. The summed E-state index contributed by atoms with van der Waals surface area (Å²) >= 11 is 5.69. The fourth-order valence-electron chi connectivity index (χ4n) is 5.20. The molecule has 0 spiro atoms. The fraction of sp³-hybridized carbons (Fsp3) is 0.577. The number of nitrogens with one attached hydrogen (secondary N) is 1. The van der Waals surface area contributed by atoms with Gasteiger partial charge in [-0.3, -0.25) is 24.0 Å². The first-order chi connectivity index (χ1) is 17.3. The average Bonchev–Trinajstić information content (AvgIpc) is 3.25. The Labute approximate surface area is 221 Å². The third-order valence-corrected chi connectivity index (χ3v) is 7.10. The van der Waals surface area contributed by atoms with Crippen molar-refractivity contribution in [3.63, 3.8) is 0 Å². The standard InChI is InChI=1S/C26H35ClFN5O4/c1-25(2)13-18(29-24(36)22(34)12-17-8-9-20(27)21(28)11-17)14-26(3,4)33(25)16-19-15-32(31-30-19)10-6-7-23(35)37-5/h8-9,11,15,18H,6-7,10,12-14,16H2,1-5H3,(H,29,36). The summed E-state index contributed by atoms with van der Waals surface area (Å²) in [5, 5.41) is 11.4. The Morgan fingerprint density at radius 3 is 2.49 bits per heavy atom. The van der Waals surface area contributed by atoms with Gasteiger partial charge in [0.1, 0.15) is 5.82 Å². The summed E-state index contributed by atoms with van der Waals surface area (Å²) < 4.78 is 20.1. The Bertz CT molecular complexity index is 1130. The fourth-order valence-corrected chi connectivity index (χ4v) is 5.32. The van der Waals surface area contributed by atoms with Gasteiger partial charge < -0.3 is 10.1 Å². The molecule has 0 unspecified atom stereocenters. The molecular formula is C26H35ClFN5O4. The van der Waals surface area contributed by atoms with Crippen LogP contribution in [-0.2, 0) is 38.6 Å². The van der Waals surface area contributed by atoms with Crippen LogP contribution in [-0.4, -0.2) is 61.8 Å². The van der Waals surface area contributed by atoms with Crippen LogP contribution < -0.4 is 5.32 Å². The van der Waals surface area contributed by atoms with Crippen LogP contribution in [0.2, 0.25) is 5.02 Å². The zero-order valence-corrected chi connectivity index (χ0v) is 22.8. The molecule has 0 saturated carbocycles. The number of ether oxygens (including phenoxy) is 1. The molecule has 1 aromatic carbocycles. The summed E-state index contributed by atoms with van der Waals surface area (Å²) in [6.07, 6.45) is 3.90. The zero-order chi connectivity index (χ0) is 27.4. The largest absolute Gasteiger partial charge is 0.469 e. The van der Waals surface area contributed by atoms with Crippen LogP contribution in [0.25, 0.3) is 0 Å². The molecule has 0 radical (unpaired) electrons. The number of carbonyl (C=O) groups is 3. The van der Waals surface area contributed by atoms with Crippen LogP contribution in [0.15, 0.2) is 24.4 Å². The van der Waals surface area contributed by atoms with Crippen molar-refractivity contribution in [3.8, 4) is 0 Å². The van der Waals surface area contributed by atoms with E-state index in [0.29, 0.717) is 44.3 Å². The number of esters is 1. The maximum absolute atomic E-state index is 13.7. The highest BCUT2D eigenvalue weighted by atomic mass is 35.5. The molecule has 202 valence electrons. The van der Waals surface area contributed by atoms with Gasteiger partial charge in [0.05, 0.1) is 17.8 Å². The van der Waals surface area contributed by atoms with Crippen LogP contribution in [0.3, 0.4) is 0 Å². The monoisotopic (exact) mass is 535 g/mol. The topological polar surface area (TPSA) is 106 Å². The number of Topliss-reactive ketones (excluding diaryl/α,β-unsaturated/α-hetero) is 1. The van der Waals surface area contributed by atoms with E-state index in [-0.39, 0.29) is 34.5 Å². The summed E-state index contributed by atoms with van der Waals surface area (Å²) in [5.41, 5.74) is 0.593. The molecule has 2 heterocycles. The number of hydrogen-bond acceptors (Lipinski definition) is 7. The first-order valence-electron chi connectivity index (χ1n) is 12.3. The average molecular weight is 536 g/mol. The van der Waals surface area contributed by atoms with Gasteiger partial charge in [-0.15, -0.1) is 5.10 Å². The number of methoxy groups -OCH3 is 1. The summed E-state index contributed by atoms with van der Waals surface area (Å²) in [4.78, 5) is 38.8. The lowest BCUT2D eigenvalue weighted by atomic mass is 9.76. The summed E-state index contributed by atoms with van der Waals surface area (Å²) in [6, 6.07) is 3.89. The number of aryl methyl sites for hydroxylation is 1. The molecule has 1 aliphatic heterocycles. The normalized spacial score (nSPS) is 17.4. The summed E-state index contributed by atoms with van der Waals surface area (Å²) in [5.74, 6) is -2.16. The predicted molar refractivity (Wildman–Crippen MR) is 136 cm³/mol. The van der Waals surface area contributed by atoms with Crippen molar-refractivity contribution in [2.24, 2.45) is 0 Å². The maximum atomic E-state index is 13.7. The molecule has 0 aliphatic carbocycles. The number of ketones is 1. The van der Waals surface area contributed by atoms with Crippen LogP contribution in [0.4, 0.5) is 4.39 Å². The molecule has 1 aliphatic rings. The summed E-state index contributed by atoms with van der Waals surface area (Å²) in [7, 11) is 1.37. The summed E-state index contributed by atoms with van der Waals surface area (Å²) in [6.45, 7) is 9.55. The van der Waals surface area contributed by atoms with Gasteiger partial charge in [0, 0.05) is 49.2 Å². The van der Waals surface area contributed by atoms with E-state index in [0.717, 1.165) is 5.69 Å². The van der Waals surface area contributed by atoms with E-state index in [4.69, 9.17) is 11.6 Å².